The van der Waals surface area contributed by atoms with Crippen LogP contribution in [0.15, 0.2) is 24.3 Å². The summed E-state index contributed by atoms with van der Waals surface area (Å²) in [5.74, 6) is 1.12. The highest BCUT2D eigenvalue weighted by Crippen LogP contribution is 2.43. The quantitative estimate of drug-likeness (QED) is 0.810. The van der Waals surface area contributed by atoms with Crippen molar-refractivity contribution in [2.24, 2.45) is 11.8 Å². The zero-order chi connectivity index (χ0) is 18.7. The van der Waals surface area contributed by atoms with Crippen LogP contribution >= 0.6 is 12.4 Å². The van der Waals surface area contributed by atoms with E-state index in [-0.39, 0.29) is 36.9 Å². The minimum absolute atomic E-state index is 0. The van der Waals surface area contributed by atoms with E-state index in [1.807, 2.05) is 36.1 Å². The summed E-state index contributed by atoms with van der Waals surface area (Å²) in [5, 5.41) is 3.70. The van der Waals surface area contributed by atoms with Gasteiger partial charge >= 0.3 is 0 Å². The van der Waals surface area contributed by atoms with E-state index >= 15 is 0 Å². The van der Waals surface area contributed by atoms with Gasteiger partial charge in [-0.2, -0.15) is 0 Å². The number of likely N-dealkylation sites (N-methyl/N-ethyl adjacent to an activating group) is 1. The molecule has 4 aliphatic heterocycles. The van der Waals surface area contributed by atoms with E-state index in [0.717, 1.165) is 24.2 Å². The summed E-state index contributed by atoms with van der Waals surface area (Å²) in [4.78, 5) is 29.4. The number of nitrogens with one attached hydrogen (secondary N) is 1. The van der Waals surface area contributed by atoms with Gasteiger partial charge in [0.1, 0.15) is 6.61 Å². The van der Waals surface area contributed by atoms with Crippen molar-refractivity contribution in [1.82, 2.24) is 15.1 Å². The standard InChI is InChI=1S/C21H27N3O3.ClH/c1-12-5-3-4-6-13(12)19-20(27-11-18(25)23(19)2)21(26)24-9-14-15(10-24)17-8-7-16(14)22-17;/h3-6,14-17,19-20,22H,7-11H2,1-2H3;1H/t14-,15+,16-,17+,19-,20+;/m1./s1. The number of amides is 2. The Hall–Kier alpha value is -1.63. The number of halogens is 1. The number of rotatable bonds is 2. The molecule has 0 aromatic heterocycles. The van der Waals surface area contributed by atoms with Crippen LogP contribution in [0.3, 0.4) is 0 Å². The molecule has 4 saturated heterocycles. The van der Waals surface area contributed by atoms with Gasteiger partial charge in [-0.25, -0.2) is 0 Å². The van der Waals surface area contributed by atoms with Gasteiger partial charge in [0.15, 0.2) is 6.10 Å². The number of benzene rings is 1. The molecule has 2 bridgehead atoms. The SMILES string of the molecule is Cc1ccccc1[C@@H]1[C@@H](C(=O)N2C[C@@H]3[C@H](C2)[C@@H]2CC[C@H]3N2)OCC(=O)N1C.Cl. The molecule has 5 rings (SSSR count). The molecule has 2 amide bonds. The fourth-order valence-electron chi connectivity index (χ4n) is 5.75. The molecule has 152 valence electrons. The number of aryl methyl sites for hydroxylation is 1. The molecule has 1 aromatic rings. The van der Waals surface area contributed by atoms with Crippen LogP contribution in [0.4, 0.5) is 0 Å². The van der Waals surface area contributed by atoms with Gasteiger partial charge in [0, 0.05) is 32.2 Å². The molecular formula is C21H28ClN3O3. The molecule has 0 radical (unpaired) electrons. The van der Waals surface area contributed by atoms with Gasteiger partial charge < -0.3 is 19.9 Å². The van der Waals surface area contributed by atoms with Crippen molar-refractivity contribution in [3.8, 4) is 0 Å². The lowest BCUT2D eigenvalue weighted by Crippen LogP contribution is -2.54. The molecule has 28 heavy (non-hydrogen) atoms. The van der Waals surface area contributed by atoms with Crippen molar-refractivity contribution in [1.29, 1.82) is 0 Å². The Morgan fingerprint density at radius 3 is 2.43 bits per heavy atom. The third-order valence-electron chi connectivity index (χ3n) is 7.21. The van der Waals surface area contributed by atoms with Crippen molar-refractivity contribution in [3.05, 3.63) is 35.4 Å². The largest absolute Gasteiger partial charge is 0.356 e. The summed E-state index contributed by atoms with van der Waals surface area (Å²) in [6, 6.07) is 8.74. The molecule has 7 heteroatoms. The fourth-order valence-corrected chi connectivity index (χ4v) is 5.75. The molecule has 6 nitrogen and oxygen atoms in total. The third kappa shape index (κ3) is 2.93. The molecule has 4 aliphatic rings. The van der Waals surface area contributed by atoms with Crippen LogP contribution in [-0.4, -0.2) is 66.5 Å². The lowest BCUT2D eigenvalue weighted by Gasteiger charge is -2.40. The Morgan fingerprint density at radius 1 is 1.14 bits per heavy atom. The zero-order valence-corrected chi connectivity index (χ0v) is 17.2. The van der Waals surface area contributed by atoms with Crippen LogP contribution in [0.2, 0.25) is 0 Å². The van der Waals surface area contributed by atoms with Crippen LogP contribution in [0, 0.1) is 18.8 Å². The Kier molecular flexibility index (Phi) is 5.14. The maximum Gasteiger partial charge on any atom is 0.254 e. The molecule has 4 heterocycles. The molecule has 6 atom stereocenters. The second-order valence-electron chi connectivity index (χ2n) is 8.57. The maximum atomic E-state index is 13.5. The van der Waals surface area contributed by atoms with Crippen molar-refractivity contribution in [3.63, 3.8) is 0 Å². The number of hydrogen-bond acceptors (Lipinski definition) is 4. The minimum atomic E-state index is -0.627. The normalized spacial score (nSPS) is 36.4. The molecule has 4 fully saturated rings. The van der Waals surface area contributed by atoms with Crippen molar-refractivity contribution < 1.29 is 14.3 Å². The summed E-state index contributed by atoms with van der Waals surface area (Å²) in [7, 11) is 1.78. The minimum Gasteiger partial charge on any atom is -0.356 e. The van der Waals surface area contributed by atoms with E-state index in [2.05, 4.69) is 5.32 Å². The number of hydrogen-bond donors (Lipinski definition) is 1. The molecule has 0 unspecified atom stereocenters. The Labute approximate surface area is 172 Å². The number of carbonyl (C=O) groups excluding carboxylic acids is 2. The fraction of sp³-hybridized carbons (Fsp3) is 0.619. The van der Waals surface area contributed by atoms with Gasteiger partial charge in [0.2, 0.25) is 5.91 Å². The molecule has 0 spiro atoms. The second-order valence-corrected chi connectivity index (χ2v) is 8.57. The van der Waals surface area contributed by atoms with Crippen LogP contribution in [-0.2, 0) is 14.3 Å². The number of nitrogens with zero attached hydrogens (tertiary/aromatic N) is 2. The van der Waals surface area contributed by atoms with Gasteiger partial charge in [0.25, 0.3) is 5.91 Å². The molecule has 1 aromatic carbocycles. The van der Waals surface area contributed by atoms with E-state index in [9.17, 15) is 9.59 Å². The topological polar surface area (TPSA) is 61.9 Å². The van der Waals surface area contributed by atoms with Gasteiger partial charge in [-0.15, -0.1) is 12.4 Å². The molecule has 0 aliphatic carbocycles. The first-order valence-electron chi connectivity index (χ1n) is 10.0. The molecule has 0 saturated carbocycles. The van der Waals surface area contributed by atoms with Gasteiger partial charge in [-0.3, -0.25) is 9.59 Å². The first-order valence-corrected chi connectivity index (χ1v) is 10.0. The van der Waals surface area contributed by atoms with Crippen molar-refractivity contribution >= 4 is 24.2 Å². The first-order chi connectivity index (χ1) is 13.0. The number of morpholine rings is 1. The highest BCUT2D eigenvalue weighted by molar-refractivity contribution is 5.86. The van der Waals surface area contributed by atoms with Crippen LogP contribution in [0.25, 0.3) is 0 Å². The van der Waals surface area contributed by atoms with Gasteiger partial charge in [0.05, 0.1) is 6.04 Å². The molecular weight excluding hydrogens is 378 g/mol. The number of likely N-dealkylation sites (tertiary alicyclic amines) is 1. The van der Waals surface area contributed by atoms with Crippen LogP contribution in [0.1, 0.15) is 30.0 Å². The highest BCUT2D eigenvalue weighted by Gasteiger charge is 2.54. The van der Waals surface area contributed by atoms with E-state index in [1.165, 1.54) is 12.8 Å². The van der Waals surface area contributed by atoms with Crippen molar-refractivity contribution in [2.75, 3.05) is 26.7 Å². The predicted molar refractivity (Wildman–Crippen MR) is 107 cm³/mol. The monoisotopic (exact) mass is 405 g/mol. The summed E-state index contributed by atoms with van der Waals surface area (Å²) < 4.78 is 5.85. The van der Waals surface area contributed by atoms with Gasteiger partial charge in [-0.1, -0.05) is 24.3 Å². The smallest absolute Gasteiger partial charge is 0.254 e. The second kappa shape index (κ2) is 7.32. The number of ether oxygens (including phenoxy) is 1. The Balaban J connectivity index is 0.00000192. The van der Waals surface area contributed by atoms with E-state index in [4.69, 9.17) is 4.74 Å². The van der Waals surface area contributed by atoms with E-state index < -0.39 is 6.10 Å². The lowest BCUT2D eigenvalue weighted by atomic mass is 9.82. The first kappa shape index (κ1) is 19.7. The number of carbonyl (C=O) groups is 2. The summed E-state index contributed by atoms with van der Waals surface area (Å²) in [5.41, 5.74) is 2.07. The van der Waals surface area contributed by atoms with Crippen molar-refractivity contribution in [2.45, 2.75) is 44.0 Å². The van der Waals surface area contributed by atoms with Crippen LogP contribution in [0.5, 0.6) is 0 Å². The average Bonchev–Trinajstić information content (AvgIpc) is 3.37. The number of fused-ring (bicyclic) bond motifs is 5. The van der Waals surface area contributed by atoms with Crippen LogP contribution < -0.4 is 5.32 Å². The lowest BCUT2D eigenvalue weighted by molar-refractivity contribution is -0.167. The Morgan fingerprint density at radius 2 is 1.79 bits per heavy atom. The van der Waals surface area contributed by atoms with E-state index in [1.54, 1.807) is 11.9 Å². The summed E-state index contributed by atoms with van der Waals surface area (Å²) >= 11 is 0. The van der Waals surface area contributed by atoms with Gasteiger partial charge in [-0.05, 0) is 42.7 Å². The third-order valence-corrected chi connectivity index (χ3v) is 7.21. The maximum absolute atomic E-state index is 13.5. The highest BCUT2D eigenvalue weighted by atomic mass is 35.5. The Bertz CT molecular complexity index is 770. The predicted octanol–water partition coefficient (Wildman–Crippen LogP) is 1.52. The summed E-state index contributed by atoms with van der Waals surface area (Å²) in [6.07, 6.45) is 1.84. The average molecular weight is 406 g/mol. The zero-order valence-electron chi connectivity index (χ0n) is 16.3. The molecule has 1 N–H and O–H groups in total. The summed E-state index contributed by atoms with van der Waals surface area (Å²) in [6.45, 7) is 3.63. The van der Waals surface area contributed by atoms with E-state index in [0.29, 0.717) is 23.9 Å².